The van der Waals surface area contributed by atoms with Gasteiger partial charge in [-0.2, -0.15) is 0 Å². The Bertz CT molecular complexity index is 1640. The van der Waals surface area contributed by atoms with E-state index >= 15 is 0 Å². The third kappa shape index (κ3) is 8.82. The molecule has 236 valence electrons. The van der Waals surface area contributed by atoms with Gasteiger partial charge >= 0.3 is 0 Å². The largest absolute Gasteiger partial charge is 0.354 e. The third-order valence-corrected chi connectivity index (χ3v) is 9.60. The average Bonchev–Trinajstić information content (AvgIpc) is 3.06. The average molecular weight is 626 g/mol. The zero-order valence-electron chi connectivity index (χ0n) is 26.4. The standard InChI is InChI=1S/C37H43N3O4S/c1-4-6-25-38-37(42)35(26-30-15-9-7-10-16-30)39(27-31-17-11-8-12-18-31)36(41)28-40(34-20-14-13-19-32(34)5-2)45(43,44)33-23-21-29(3)22-24-33/h7-24,35H,4-6,25-28H2,1-3H3,(H,38,42). The molecule has 1 atom stereocenters. The molecule has 0 aliphatic rings. The summed E-state index contributed by atoms with van der Waals surface area (Å²) in [4.78, 5) is 30.0. The van der Waals surface area contributed by atoms with Crippen LogP contribution in [-0.2, 0) is 39.0 Å². The Kier molecular flexibility index (Phi) is 11.9. The number of sulfonamides is 1. The molecule has 2 amide bonds. The van der Waals surface area contributed by atoms with Crippen LogP contribution in [0, 0.1) is 6.92 Å². The lowest BCUT2D eigenvalue weighted by Gasteiger charge is -2.34. The number of anilines is 1. The van der Waals surface area contributed by atoms with E-state index in [4.69, 9.17) is 0 Å². The second-order valence-corrected chi connectivity index (χ2v) is 13.0. The van der Waals surface area contributed by atoms with E-state index in [1.165, 1.54) is 9.21 Å². The predicted molar refractivity (Wildman–Crippen MR) is 180 cm³/mol. The minimum Gasteiger partial charge on any atom is -0.354 e. The Hall–Kier alpha value is -4.43. The van der Waals surface area contributed by atoms with Gasteiger partial charge in [0.15, 0.2) is 0 Å². The van der Waals surface area contributed by atoms with Crippen molar-refractivity contribution < 1.29 is 18.0 Å². The number of nitrogens with one attached hydrogen (secondary N) is 1. The summed E-state index contributed by atoms with van der Waals surface area (Å²) >= 11 is 0. The maximum absolute atomic E-state index is 14.6. The molecular weight excluding hydrogens is 582 g/mol. The molecule has 0 bridgehead atoms. The fourth-order valence-corrected chi connectivity index (χ4v) is 6.70. The third-order valence-electron chi connectivity index (χ3n) is 7.83. The van der Waals surface area contributed by atoms with Crippen molar-refractivity contribution in [1.29, 1.82) is 0 Å². The van der Waals surface area contributed by atoms with E-state index in [-0.39, 0.29) is 23.8 Å². The first-order valence-corrected chi connectivity index (χ1v) is 17.0. The Labute approximate surface area is 268 Å². The van der Waals surface area contributed by atoms with Gasteiger partial charge in [-0.3, -0.25) is 13.9 Å². The lowest BCUT2D eigenvalue weighted by atomic mass is 10.0. The van der Waals surface area contributed by atoms with Crippen molar-refractivity contribution in [2.75, 3.05) is 17.4 Å². The summed E-state index contributed by atoms with van der Waals surface area (Å²) in [6.45, 7) is 6.07. The molecule has 0 radical (unpaired) electrons. The van der Waals surface area contributed by atoms with Gasteiger partial charge < -0.3 is 10.2 Å². The summed E-state index contributed by atoms with van der Waals surface area (Å²) in [5, 5.41) is 3.02. The summed E-state index contributed by atoms with van der Waals surface area (Å²) < 4.78 is 29.7. The Morgan fingerprint density at radius 3 is 2.00 bits per heavy atom. The number of hydrogen-bond donors (Lipinski definition) is 1. The number of carbonyl (C=O) groups excluding carboxylic acids is 2. The van der Waals surface area contributed by atoms with Crippen LogP contribution in [0.3, 0.4) is 0 Å². The molecule has 0 saturated carbocycles. The van der Waals surface area contributed by atoms with Crippen LogP contribution in [0.1, 0.15) is 48.9 Å². The lowest BCUT2D eigenvalue weighted by Crippen LogP contribution is -2.53. The van der Waals surface area contributed by atoms with Crippen molar-refractivity contribution in [2.24, 2.45) is 0 Å². The second-order valence-electron chi connectivity index (χ2n) is 11.2. The van der Waals surface area contributed by atoms with Crippen LogP contribution in [0.4, 0.5) is 5.69 Å². The molecule has 0 heterocycles. The van der Waals surface area contributed by atoms with Crippen molar-refractivity contribution >= 4 is 27.5 Å². The highest BCUT2D eigenvalue weighted by Gasteiger charge is 2.35. The fourth-order valence-electron chi connectivity index (χ4n) is 5.24. The molecule has 4 aromatic carbocycles. The summed E-state index contributed by atoms with van der Waals surface area (Å²) in [7, 11) is -4.14. The Balaban J connectivity index is 1.80. The molecule has 8 heteroatoms. The van der Waals surface area contributed by atoms with Crippen molar-refractivity contribution in [3.63, 3.8) is 0 Å². The van der Waals surface area contributed by atoms with Crippen LogP contribution < -0.4 is 9.62 Å². The molecule has 0 aliphatic heterocycles. The van der Waals surface area contributed by atoms with E-state index in [0.717, 1.165) is 35.1 Å². The van der Waals surface area contributed by atoms with Gasteiger partial charge in [-0.15, -0.1) is 0 Å². The Morgan fingerprint density at radius 2 is 1.38 bits per heavy atom. The zero-order valence-corrected chi connectivity index (χ0v) is 27.2. The number of para-hydroxylation sites is 1. The van der Waals surface area contributed by atoms with Crippen molar-refractivity contribution in [1.82, 2.24) is 10.2 Å². The molecular formula is C37H43N3O4S. The van der Waals surface area contributed by atoms with Gasteiger partial charge in [-0.05, 0) is 54.7 Å². The highest BCUT2D eigenvalue weighted by Crippen LogP contribution is 2.28. The van der Waals surface area contributed by atoms with Gasteiger partial charge in [0, 0.05) is 19.5 Å². The number of unbranched alkanes of at least 4 members (excludes halogenated alkanes) is 1. The molecule has 0 aromatic heterocycles. The first-order chi connectivity index (χ1) is 21.7. The fraction of sp³-hybridized carbons (Fsp3) is 0.297. The monoisotopic (exact) mass is 625 g/mol. The summed E-state index contributed by atoms with van der Waals surface area (Å²) in [6, 6.07) is 32.1. The molecule has 1 N–H and O–H groups in total. The molecule has 1 unspecified atom stereocenters. The smallest absolute Gasteiger partial charge is 0.264 e. The number of benzene rings is 4. The number of nitrogens with zero attached hydrogens (tertiary/aromatic N) is 2. The normalized spacial score (nSPS) is 11.9. The minimum atomic E-state index is -4.14. The lowest BCUT2D eigenvalue weighted by molar-refractivity contribution is -0.140. The Morgan fingerprint density at radius 1 is 0.778 bits per heavy atom. The molecule has 45 heavy (non-hydrogen) atoms. The zero-order chi connectivity index (χ0) is 32.2. The van der Waals surface area contributed by atoms with Gasteiger partial charge in [0.05, 0.1) is 10.6 Å². The van der Waals surface area contributed by atoms with E-state index in [1.807, 2.05) is 86.6 Å². The molecule has 4 aromatic rings. The van der Waals surface area contributed by atoms with E-state index in [9.17, 15) is 18.0 Å². The number of aryl methyl sites for hydroxylation is 2. The maximum atomic E-state index is 14.6. The molecule has 0 saturated heterocycles. The van der Waals surface area contributed by atoms with Crippen LogP contribution >= 0.6 is 0 Å². The quantitative estimate of drug-likeness (QED) is 0.157. The van der Waals surface area contributed by atoms with Crippen LogP contribution in [0.25, 0.3) is 0 Å². The van der Waals surface area contributed by atoms with Crippen LogP contribution in [0.2, 0.25) is 0 Å². The SMILES string of the molecule is CCCCNC(=O)C(Cc1ccccc1)N(Cc1ccccc1)C(=O)CN(c1ccccc1CC)S(=O)(=O)c1ccc(C)cc1. The van der Waals surface area contributed by atoms with Crippen molar-refractivity contribution in [2.45, 2.75) is 63.9 Å². The predicted octanol–water partition coefficient (Wildman–Crippen LogP) is 6.31. The van der Waals surface area contributed by atoms with E-state index < -0.39 is 28.5 Å². The van der Waals surface area contributed by atoms with Gasteiger partial charge in [0.2, 0.25) is 11.8 Å². The summed E-state index contributed by atoms with van der Waals surface area (Å²) in [5.41, 5.74) is 3.92. The van der Waals surface area contributed by atoms with Crippen LogP contribution in [0.15, 0.2) is 114 Å². The highest BCUT2D eigenvalue weighted by atomic mass is 32.2. The van der Waals surface area contributed by atoms with Gasteiger partial charge in [0.25, 0.3) is 10.0 Å². The van der Waals surface area contributed by atoms with Crippen LogP contribution in [0.5, 0.6) is 0 Å². The van der Waals surface area contributed by atoms with E-state index in [0.29, 0.717) is 18.7 Å². The number of rotatable bonds is 15. The molecule has 0 spiro atoms. The summed E-state index contributed by atoms with van der Waals surface area (Å²) in [5.74, 6) is -0.731. The number of carbonyl (C=O) groups is 2. The number of amides is 2. The summed E-state index contributed by atoms with van der Waals surface area (Å²) in [6.07, 6.45) is 2.59. The van der Waals surface area contributed by atoms with E-state index in [1.54, 1.807) is 36.4 Å². The molecule has 0 aliphatic carbocycles. The van der Waals surface area contributed by atoms with Crippen LogP contribution in [-0.4, -0.2) is 44.3 Å². The molecule has 7 nitrogen and oxygen atoms in total. The maximum Gasteiger partial charge on any atom is 0.264 e. The van der Waals surface area contributed by atoms with E-state index in [2.05, 4.69) is 12.2 Å². The molecule has 0 fully saturated rings. The topological polar surface area (TPSA) is 86.8 Å². The minimum absolute atomic E-state index is 0.0968. The van der Waals surface area contributed by atoms with Gasteiger partial charge in [-0.25, -0.2) is 8.42 Å². The first kappa shape index (κ1) is 33.5. The van der Waals surface area contributed by atoms with Gasteiger partial charge in [0.1, 0.15) is 12.6 Å². The molecule has 4 rings (SSSR count). The number of hydrogen-bond acceptors (Lipinski definition) is 4. The first-order valence-electron chi connectivity index (χ1n) is 15.6. The van der Waals surface area contributed by atoms with Crippen molar-refractivity contribution in [3.05, 3.63) is 131 Å². The van der Waals surface area contributed by atoms with Crippen molar-refractivity contribution in [3.8, 4) is 0 Å². The second kappa shape index (κ2) is 16.0. The van der Waals surface area contributed by atoms with Gasteiger partial charge in [-0.1, -0.05) is 117 Å². The highest BCUT2D eigenvalue weighted by molar-refractivity contribution is 7.92.